The molecule has 5 heteroatoms. The van der Waals surface area contributed by atoms with Crippen molar-refractivity contribution in [3.63, 3.8) is 0 Å². The molecule has 0 aliphatic carbocycles. The summed E-state index contributed by atoms with van der Waals surface area (Å²) in [5, 5.41) is 0. The third kappa shape index (κ3) is 4.24. The molecular weight excluding hydrogens is 372 g/mol. The Labute approximate surface area is 173 Å². The molecule has 0 spiro atoms. The van der Waals surface area contributed by atoms with Crippen molar-refractivity contribution < 1.29 is 9.53 Å². The second-order valence-electron chi connectivity index (χ2n) is 7.88. The van der Waals surface area contributed by atoms with Crippen LogP contribution in [0.3, 0.4) is 0 Å². The fraction of sp³-hybridized carbons (Fsp3) is 0.435. The summed E-state index contributed by atoms with van der Waals surface area (Å²) in [5.41, 5.74) is 9.94. The first-order valence-electron chi connectivity index (χ1n) is 9.91. The molecule has 0 radical (unpaired) electrons. The highest BCUT2D eigenvalue weighted by molar-refractivity contribution is 5.85. The normalized spacial score (nSPS) is 27.3. The molecule has 4 atom stereocenters. The van der Waals surface area contributed by atoms with Crippen LogP contribution < -0.4 is 5.73 Å². The largest absolute Gasteiger partial charge is 0.373 e. The van der Waals surface area contributed by atoms with E-state index in [-0.39, 0.29) is 42.3 Å². The molecule has 2 aromatic rings. The summed E-state index contributed by atoms with van der Waals surface area (Å²) >= 11 is 0. The van der Waals surface area contributed by atoms with Gasteiger partial charge in [0, 0.05) is 31.7 Å². The number of carbonyl (C=O) groups is 1. The van der Waals surface area contributed by atoms with Gasteiger partial charge in [-0.1, -0.05) is 60.2 Å². The number of nitrogens with two attached hydrogens (primary N) is 1. The number of hydrogen-bond donors (Lipinski definition) is 1. The minimum absolute atomic E-state index is 0. The molecule has 2 N–H and O–H groups in total. The zero-order valence-corrected chi connectivity index (χ0v) is 17.1. The number of halogens is 1. The molecule has 28 heavy (non-hydrogen) atoms. The third-order valence-corrected chi connectivity index (χ3v) is 5.95. The monoisotopic (exact) mass is 400 g/mol. The van der Waals surface area contributed by atoms with Gasteiger partial charge >= 0.3 is 0 Å². The molecule has 1 amide bonds. The van der Waals surface area contributed by atoms with E-state index in [4.69, 9.17) is 10.5 Å². The van der Waals surface area contributed by atoms with Crippen LogP contribution in [0.1, 0.15) is 41.6 Å². The maximum Gasteiger partial charge on any atom is 0.228 e. The number of ether oxygens (including phenoxy) is 1. The van der Waals surface area contributed by atoms with Crippen LogP contribution in [0.4, 0.5) is 0 Å². The van der Waals surface area contributed by atoms with Gasteiger partial charge in [-0.2, -0.15) is 0 Å². The van der Waals surface area contributed by atoms with Gasteiger partial charge in [0.05, 0.1) is 12.0 Å². The predicted octanol–water partition coefficient (Wildman–Crippen LogP) is 3.84. The Morgan fingerprint density at radius 3 is 2.46 bits per heavy atom. The first kappa shape index (κ1) is 20.8. The summed E-state index contributed by atoms with van der Waals surface area (Å²) in [6.07, 6.45) is 1.65. The lowest BCUT2D eigenvalue weighted by molar-refractivity contribution is -0.144. The molecule has 2 heterocycles. The highest BCUT2D eigenvalue weighted by atomic mass is 35.5. The molecular formula is C23H29ClN2O2. The van der Waals surface area contributed by atoms with Gasteiger partial charge in [-0.15, -0.1) is 12.4 Å². The number of rotatable bonds is 3. The molecule has 4 nitrogen and oxygen atoms in total. The van der Waals surface area contributed by atoms with Crippen LogP contribution in [0, 0.1) is 12.8 Å². The molecule has 4 rings (SSSR count). The molecule has 2 aliphatic rings. The van der Waals surface area contributed by atoms with Gasteiger partial charge in [0.15, 0.2) is 0 Å². The first-order chi connectivity index (χ1) is 13.1. The van der Waals surface area contributed by atoms with Gasteiger partial charge in [-0.3, -0.25) is 4.79 Å². The first-order valence-corrected chi connectivity index (χ1v) is 9.91. The highest BCUT2D eigenvalue weighted by Crippen LogP contribution is 2.37. The van der Waals surface area contributed by atoms with Crippen LogP contribution in [0.5, 0.6) is 0 Å². The fourth-order valence-corrected chi connectivity index (χ4v) is 4.42. The van der Waals surface area contributed by atoms with E-state index in [0.29, 0.717) is 19.7 Å². The maximum atomic E-state index is 13.4. The molecule has 2 saturated heterocycles. The molecule has 2 unspecified atom stereocenters. The zero-order chi connectivity index (χ0) is 18.8. The number of likely N-dealkylation sites (tertiary alicyclic amines) is 1. The SMILES string of the molecule is Cc1ccc(C2OCCCC2C(=O)N2C[C@@H](N)[C@H](c3ccccc3)C2)cc1.Cl. The molecule has 2 aromatic carbocycles. The van der Waals surface area contributed by atoms with Crippen LogP contribution in [0.25, 0.3) is 0 Å². The maximum absolute atomic E-state index is 13.4. The number of nitrogens with zero attached hydrogens (tertiary/aromatic N) is 1. The third-order valence-electron chi connectivity index (χ3n) is 5.95. The molecule has 150 valence electrons. The minimum atomic E-state index is -0.154. The summed E-state index contributed by atoms with van der Waals surface area (Å²) in [6.45, 7) is 4.11. The summed E-state index contributed by atoms with van der Waals surface area (Å²) in [6, 6.07) is 18.6. The Bertz CT molecular complexity index is 781. The number of amides is 1. The Balaban J connectivity index is 0.00000225. The lowest BCUT2D eigenvalue weighted by atomic mass is 9.88. The van der Waals surface area contributed by atoms with E-state index in [2.05, 4.69) is 43.3 Å². The van der Waals surface area contributed by atoms with Crippen molar-refractivity contribution in [3.8, 4) is 0 Å². The molecule has 2 fully saturated rings. The van der Waals surface area contributed by atoms with Crippen LogP contribution >= 0.6 is 12.4 Å². The van der Waals surface area contributed by atoms with Crippen molar-refractivity contribution in [2.45, 2.75) is 37.8 Å². The number of benzene rings is 2. The van der Waals surface area contributed by atoms with Gasteiger partial charge < -0.3 is 15.4 Å². The number of hydrogen-bond acceptors (Lipinski definition) is 3. The van der Waals surface area contributed by atoms with E-state index in [1.807, 2.05) is 23.1 Å². The Kier molecular flexibility index (Phi) is 6.76. The molecule has 0 saturated carbocycles. The van der Waals surface area contributed by atoms with E-state index >= 15 is 0 Å². The lowest BCUT2D eigenvalue weighted by Crippen LogP contribution is -2.40. The van der Waals surface area contributed by atoms with Crippen molar-refractivity contribution in [2.75, 3.05) is 19.7 Å². The van der Waals surface area contributed by atoms with Crippen molar-refractivity contribution >= 4 is 18.3 Å². The molecule has 2 aliphatic heterocycles. The second-order valence-corrected chi connectivity index (χ2v) is 7.88. The van der Waals surface area contributed by atoms with Gasteiger partial charge in [0.1, 0.15) is 0 Å². The minimum Gasteiger partial charge on any atom is -0.373 e. The average molecular weight is 401 g/mol. The van der Waals surface area contributed by atoms with E-state index in [9.17, 15) is 4.79 Å². The summed E-state index contributed by atoms with van der Waals surface area (Å²) in [4.78, 5) is 15.3. The Morgan fingerprint density at radius 1 is 1.04 bits per heavy atom. The van der Waals surface area contributed by atoms with E-state index < -0.39 is 0 Å². The smallest absolute Gasteiger partial charge is 0.228 e. The molecule has 0 bridgehead atoms. The molecule has 0 aromatic heterocycles. The highest BCUT2D eigenvalue weighted by Gasteiger charge is 2.40. The van der Waals surface area contributed by atoms with E-state index in [1.165, 1.54) is 11.1 Å². The van der Waals surface area contributed by atoms with Crippen molar-refractivity contribution in [1.29, 1.82) is 0 Å². The van der Waals surface area contributed by atoms with Crippen LogP contribution in [-0.2, 0) is 9.53 Å². The fourth-order valence-electron chi connectivity index (χ4n) is 4.42. The number of aryl methyl sites for hydroxylation is 1. The second kappa shape index (κ2) is 9.08. The van der Waals surface area contributed by atoms with E-state index in [0.717, 1.165) is 18.4 Å². The topological polar surface area (TPSA) is 55.6 Å². The average Bonchev–Trinajstić information content (AvgIpc) is 3.10. The van der Waals surface area contributed by atoms with Crippen molar-refractivity contribution in [1.82, 2.24) is 4.90 Å². The van der Waals surface area contributed by atoms with Crippen molar-refractivity contribution in [3.05, 3.63) is 71.3 Å². The summed E-state index contributed by atoms with van der Waals surface area (Å²) in [7, 11) is 0. The van der Waals surface area contributed by atoms with Crippen LogP contribution in [-0.4, -0.2) is 36.5 Å². The summed E-state index contributed by atoms with van der Waals surface area (Å²) in [5.74, 6) is 0.273. The van der Waals surface area contributed by atoms with Crippen LogP contribution in [0.2, 0.25) is 0 Å². The van der Waals surface area contributed by atoms with E-state index in [1.54, 1.807) is 0 Å². The lowest BCUT2D eigenvalue weighted by Gasteiger charge is -2.34. The van der Waals surface area contributed by atoms with Gasteiger partial charge in [-0.25, -0.2) is 0 Å². The standard InChI is InChI=1S/C23H28N2O2.ClH/c1-16-9-11-18(12-10-16)22-19(8-5-13-27-22)23(26)25-14-20(21(24)15-25)17-6-3-2-4-7-17;/h2-4,6-7,9-12,19-22H,5,8,13-15,24H2,1H3;1H/t19?,20-,21+,22?;/m0./s1. The van der Waals surface area contributed by atoms with Crippen molar-refractivity contribution in [2.24, 2.45) is 11.7 Å². The van der Waals surface area contributed by atoms with Crippen LogP contribution in [0.15, 0.2) is 54.6 Å². The predicted molar refractivity (Wildman–Crippen MR) is 114 cm³/mol. The Hall–Kier alpha value is -1.88. The number of carbonyl (C=O) groups excluding carboxylic acids is 1. The van der Waals surface area contributed by atoms with Gasteiger partial charge in [-0.05, 0) is 30.9 Å². The van der Waals surface area contributed by atoms with Gasteiger partial charge in [0.25, 0.3) is 0 Å². The quantitative estimate of drug-likeness (QED) is 0.851. The Morgan fingerprint density at radius 2 is 1.75 bits per heavy atom. The zero-order valence-electron chi connectivity index (χ0n) is 16.3. The van der Waals surface area contributed by atoms with Gasteiger partial charge in [0.2, 0.25) is 5.91 Å². The summed E-state index contributed by atoms with van der Waals surface area (Å²) < 4.78 is 6.06.